The summed E-state index contributed by atoms with van der Waals surface area (Å²) in [5.74, 6) is 0. The van der Waals surface area contributed by atoms with E-state index in [4.69, 9.17) is 0 Å². The molecule has 0 bridgehead atoms. The topological polar surface area (TPSA) is 66.6 Å². The number of nitro benzene ring substituents is 1. The second-order valence-electron chi connectivity index (χ2n) is 4.73. The summed E-state index contributed by atoms with van der Waals surface area (Å²) in [4.78, 5) is 12.5. The largest absolute Gasteiger partial charge is 0.391 e. The van der Waals surface area contributed by atoms with Crippen LogP contribution in [0.15, 0.2) is 48.5 Å². The third-order valence-electron chi connectivity index (χ3n) is 3.39. The Labute approximate surface area is 123 Å². The van der Waals surface area contributed by atoms with Crippen molar-refractivity contribution in [3.63, 3.8) is 0 Å². The Balaban J connectivity index is 2.28. The molecule has 0 aliphatic heterocycles. The average molecular weight is 286 g/mol. The summed E-state index contributed by atoms with van der Waals surface area (Å²) in [6.07, 6.45) is 0. The van der Waals surface area contributed by atoms with E-state index in [0.29, 0.717) is 5.56 Å². The molecule has 0 aliphatic rings. The molecule has 110 valence electrons. The lowest BCUT2D eigenvalue weighted by molar-refractivity contribution is -0.385. The summed E-state index contributed by atoms with van der Waals surface area (Å²) in [5, 5.41) is 20.2. The Morgan fingerprint density at radius 2 is 1.90 bits per heavy atom. The molecule has 0 heterocycles. The van der Waals surface area contributed by atoms with E-state index in [0.717, 1.165) is 18.8 Å². The molecule has 0 radical (unpaired) electrons. The summed E-state index contributed by atoms with van der Waals surface area (Å²) < 4.78 is 0. The quantitative estimate of drug-likeness (QED) is 0.654. The van der Waals surface area contributed by atoms with E-state index in [9.17, 15) is 15.2 Å². The van der Waals surface area contributed by atoms with Crippen molar-refractivity contribution in [2.24, 2.45) is 0 Å². The zero-order valence-corrected chi connectivity index (χ0v) is 11.9. The van der Waals surface area contributed by atoms with Crippen LogP contribution in [0.1, 0.15) is 18.1 Å². The van der Waals surface area contributed by atoms with E-state index < -0.39 is 4.92 Å². The minimum absolute atomic E-state index is 0.0444. The first-order valence-electron chi connectivity index (χ1n) is 6.82. The van der Waals surface area contributed by atoms with Gasteiger partial charge < -0.3 is 10.0 Å². The van der Waals surface area contributed by atoms with Gasteiger partial charge in [0.15, 0.2) is 0 Å². The van der Waals surface area contributed by atoms with Gasteiger partial charge in [0, 0.05) is 24.8 Å². The van der Waals surface area contributed by atoms with Crippen molar-refractivity contribution in [3.8, 4) is 0 Å². The smallest absolute Gasteiger partial charge is 0.275 e. The van der Waals surface area contributed by atoms with Gasteiger partial charge >= 0.3 is 0 Å². The molecule has 0 spiro atoms. The summed E-state index contributed by atoms with van der Waals surface area (Å²) in [7, 11) is 0. The van der Waals surface area contributed by atoms with Crippen LogP contribution in [0.5, 0.6) is 0 Å². The molecule has 1 N–H and O–H groups in total. The van der Waals surface area contributed by atoms with Gasteiger partial charge in [-0.15, -0.1) is 0 Å². The number of hydrogen-bond acceptors (Lipinski definition) is 4. The van der Waals surface area contributed by atoms with E-state index in [2.05, 4.69) is 4.90 Å². The molecule has 0 unspecified atom stereocenters. The fourth-order valence-corrected chi connectivity index (χ4v) is 2.26. The molecule has 5 heteroatoms. The van der Waals surface area contributed by atoms with Crippen LogP contribution in [0, 0.1) is 10.1 Å². The van der Waals surface area contributed by atoms with Crippen molar-refractivity contribution >= 4 is 11.4 Å². The van der Waals surface area contributed by atoms with Crippen LogP contribution < -0.4 is 4.90 Å². The molecule has 2 rings (SSSR count). The fourth-order valence-electron chi connectivity index (χ4n) is 2.26. The van der Waals surface area contributed by atoms with Crippen molar-refractivity contribution in [1.29, 1.82) is 0 Å². The Morgan fingerprint density at radius 1 is 1.19 bits per heavy atom. The lowest BCUT2D eigenvalue weighted by Gasteiger charge is -2.23. The maximum absolute atomic E-state index is 10.9. The van der Waals surface area contributed by atoms with Crippen molar-refractivity contribution in [2.45, 2.75) is 20.1 Å². The molecule has 0 aromatic heterocycles. The van der Waals surface area contributed by atoms with Gasteiger partial charge in [0.05, 0.1) is 17.1 Å². The monoisotopic (exact) mass is 286 g/mol. The second-order valence-corrected chi connectivity index (χ2v) is 4.73. The molecule has 5 nitrogen and oxygen atoms in total. The lowest BCUT2D eigenvalue weighted by atomic mass is 10.1. The molecule has 0 fully saturated rings. The fraction of sp³-hybridized carbons (Fsp3) is 0.250. The Bertz CT molecular complexity index is 614. The SMILES string of the molecule is CCN(Cc1ccccc1)c1ccc([N+](=O)[O-])c(CO)c1. The highest BCUT2D eigenvalue weighted by molar-refractivity contribution is 5.55. The molecule has 0 atom stereocenters. The summed E-state index contributed by atoms with van der Waals surface area (Å²) in [6, 6.07) is 14.9. The van der Waals surface area contributed by atoms with Gasteiger partial charge in [-0.2, -0.15) is 0 Å². The van der Waals surface area contributed by atoms with Gasteiger partial charge in [-0.05, 0) is 24.6 Å². The van der Waals surface area contributed by atoms with Gasteiger partial charge in [-0.1, -0.05) is 30.3 Å². The van der Waals surface area contributed by atoms with Gasteiger partial charge in [-0.3, -0.25) is 10.1 Å². The van der Waals surface area contributed by atoms with Gasteiger partial charge in [0.2, 0.25) is 0 Å². The number of nitrogens with zero attached hydrogens (tertiary/aromatic N) is 2. The van der Waals surface area contributed by atoms with Gasteiger partial charge in [0.25, 0.3) is 5.69 Å². The second kappa shape index (κ2) is 6.85. The summed E-state index contributed by atoms with van der Waals surface area (Å²) in [6.45, 7) is 3.19. The van der Waals surface area contributed by atoms with Crippen LogP contribution in [-0.2, 0) is 13.2 Å². The van der Waals surface area contributed by atoms with Crippen LogP contribution in [0.25, 0.3) is 0 Å². The highest BCUT2D eigenvalue weighted by Gasteiger charge is 2.15. The molecule has 0 saturated heterocycles. The van der Waals surface area contributed by atoms with Gasteiger partial charge in [0.1, 0.15) is 0 Å². The van der Waals surface area contributed by atoms with Crippen LogP contribution in [0.2, 0.25) is 0 Å². The first-order valence-corrected chi connectivity index (χ1v) is 6.82. The minimum atomic E-state index is -0.469. The molecular weight excluding hydrogens is 268 g/mol. The molecule has 21 heavy (non-hydrogen) atoms. The highest BCUT2D eigenvalue weighted by Crippen LogP contribution is 2.26. The first kappa shape index (κ1) is 15.0. The maximum Gasteiger partial charge on any atom is 0.275 e. The van der Waals surface area contributed by atoms with Crippen molar-refractivity contribution in [3.05, 3.63) is 69.8 Å². The third kappa shape index (κ3) is 3.58. The van der Waals surface area contributed by atoms with E-state index >= 15 is 0 Å². The van der Waals surface area contributed by atoms with Gasteiger partial charge in [-0.25, -0.2) is 0 Å². The highest BCUT2D eigenvalue weighted by atomic mass is 16.6. The molecule has 0 aliphatic carbocycles. The summed E-state index contributed by atoms with van der Waals surface area (Å²) >= 11 is 0. The Kier molecular flexibility index (Phi) is 4.90. The Hall–Kier alpha value is -2.40. The predicted octanol–water partition coefficient (Wildman–Crippen LogP) is 3.11. The number of anilines is 1. The van der Waals surface area contributed by atoms with Crippen molar-refractivity contribution in [1.82, 2.24) is 0 Å². The third-order valence-corrected chi connectivity index (χ3v) is 3.39. The molecule has 2 aromatic rings. The van der Waals surface area contributed by atoms with E-state index in [1.807, 2.05) is 37.3 Å². The van der Waals surface area contributed by atoms with Crippen molar-refractivity contribution in [2.75, 3.05) is 11.4 Å². The van der Waals surface area contributed by atoms with E-state index in [1.54, 1.807) is 12.1 Å². The zero-order valence-electron chi connectivity index (χ0n) is 11.9. The average Bonchev–Trinajstić information content (AvgIpc) is 2.52. The van der Waals surface area contributed by atoms with Crippen LogP contribution in [0.3, 0.4) is 0 Å². The normalized spacial score (nSPS) is 10.4. The minimum Gasteiger partial charge on any atom is -0.391 e. The maximum atomic E-state index is 10.9. The molecule has 2 aromatic carbocycles. The number of benzene rings is 2. The zero-order chi connectivity index (χ0) is 15.2. The van der Waals surface area contributed by atoms with Crippen LogP contribution >= 0.6 is 0 Å². The number of nitro groups is 1. The van der Waals surface area contributed by atoms with Crippen LogP contribution in [-0.4, -0.2) is 16.6 Å². The van der Waals surface area contributed by atoms with Crippen molar-refractivity contribution < 1.29 is 10.0 Å². The number of hydrogen-bond donors (Lipinski definition) is 1. The summed E-state index contributed by atoms with van der Waals surface area (Å²) in [5.41, 5.74) is 2.33. The first-order chi connectivity index (χ1) is 10.2. The van der Waals surface area contributed by atoms with Crippen LogP contribution in [0.4, 0.5) is 11.4 Å². The molecule has 0 amide bonds. The standard InChI is InChI=1S/C16H18N2O3/c1-2-17(11-13-6-4-3-5-7-13)15-8-9-16(18(20)21)14(10-15)12-19/h3-10,19H,2,11-12H2,1H3. The number of aliphatic hydroxyl groups excluding tert-OH is 1. The Morgan fingerprint density at radius 3 is 2.48 bits per heavy atom. The number of aliphatic hydroxyl groups is 1. The lowest BCUT2D eigenvalue weighted by Crippen LogP contribution is -2.22. The molecular formula is C16H18N2O3. The number of rotatable bonds is 6. The van der Waals surface area contributed by atoms with E-state index in [-0.39, 0.29) is 12.3 Å². The van der Waals surface area contributed by atoms with E-state index in [1.165, 1.54) is 11.6 Å². The predicted molar refractivity (Wildman–Crippen MR) is 82.2 cm³/mol. The molecule has 0 saturated carbocycles.